The summed E-state index contributed by atoms with van der Waals surface area (Å²) in [5.74, 6) is 1.66. The van der Waals surface area contributed by atoms with E-state index in [-0.39, 0.29) is 5.82 Å². The number of halogens is 1. The minimum atomic E-state index is -0.149. The van der Waals surface area contributed by atoms with E-state index in [9.17, 15) is 4.39 Å². The average molecular weight is 500 g/mol. The molecule has 4 aromatic rings. The molecule has 0 saturated carbocycles. The average Bonchev–Trinajstić information content (AvgIpc) is 3.30. The van der Waals surface area contributed by atoms with Gasteiger partial charge in [-0.25, -0.2) is 9.37 Å². The van der Waals surface area contributed by atoms with Crippen LogP contribution in [-0.4, -0.2) is 28.1 Å². The van der Waals surface area contributed by atoms with Crippen molar-refractivity contribution in [3.05, 3.63) is 95.9 Å². The predicted molar refractivity (Wildman–Crippen MR) is 150 cm³/mol. The highest BCUT2D eigenvalue weighted by molar-refractivity contribution is 5.69. The predicted octanol–water partition coefficient (Wildman–Crippen LogP) is 7.97. The number of methoxy groups -OCH3 is 1. The van der Waals surface area contributed by atoms with E-state index >= 15 is 0 Å². The summed E-state index contributed by atoms with van der Waals surface area (Å²) in [6, 6.07) is 25.7. The molecule has 0 bridgehead atoms. The number of aromatic nitrogens is 2. The first-order valence-electron chi connectivity index (χ1n) is 13.4. The lowest BCUT2D eigenvalue weighted by Gasteiger charge is -2.24. The van der Waals surface area contributed by atoms with Gasteiger partial charge in [0.15, 0.2) is 0 Å². The first kappa shape index (κ1) is 26.6. The van der Waals surface area contributed by atoms with E-state index in [1.165, 1.54) is 5.69 Å². The van der Waals surface area contributed by atoms with E-state index in [0.29, 0.717) is 13.1 Å². The highest BCUT2D eigenvalue weighted by atomic mass is 19.1. The third-order valence-corrected chi connectivity index (χ3v) is 6.76. The fourth-order valence-corrected chi connectivity index (χ4v) is 4.67. The number of hydrogen-bond acceptors (Lipinski definition) is 3. The number of nitrogens with zero attached hydrogens (tertiary/aromatic N) is 3. The Labute approximate surface area is 220 Å². The summed E-state index contributed by atoms with van der Waals surface area (Å²) in [5, 5.41) is 0. The molecule has 0 N–H and O–H groups in total. The van der Waals surface area contributed by atoms with Gasteiger partial charge in [0.25, 0.3) is 0 Å². The Morgan fingerprint density at radius 2 is 1.51 bits per heavy atom. The zero-order chi connectivity index (χ0) is 26.0. The summed E-state index contributed by atoms with van der Waals surface area (Å²) in [6.07, 6.45) is 4.30. The van der Waals surface area contributed by atoms with Crippen molar-refractivity contribution in [1.29, 1.82) is 0 Å². The second kappa shape index (κ2) is 13.2. The molecular weight excluding hydrogens is 461 g/mol. The van der Waals surface area contributed by atoms with Crippen molar-refractivity contribution in [2.75, 3.05) is 13.7 Å². The fourth-order valence-electron chi connectivity index (χ4n) is 4.67. The quantitative estimate of drug-likeness (QED) is 0.187. The van der Waals surface area contributed by atoms with Gasteiger partial charge in [0, 0.05) is 36.3 Å². The number of imidazole rings is 1. The smallest absolute Gasteiger partial charge is 0.140 e. The van der Waals surface area contributed by atoms with Crippen LogP contribution in [0.3, 0.4) is 0 Å². The molecule has 0 atom stereocenters. The van der Waals surface area contributed by atoms with Gasteiger partial charge in [0.1, 0.15) is 17.4 Å². The Morgan fingerprint density at radius 1 is 0.811 bits per heavy atom. The Kier molecular flexibility index (Phi) is 9.50. The molecular formula is C32H38FN3O. The van der Waals surface area contributed by atoms with Crippen LogP contribution in [0.2, 0.25) is 0 Å². The van der Waals surface area contributed by atoms with E-state index in [1.54, 1.807) is 19.2 Å². The third-order valence-electron chi connectivity index (χ3n) is 6.76. The number of ether oxygens (including phenoxy) is 1. The topological polar surface area (TPSA) is 30.3 Å². The van der Waals surface area contributed by atoms with Gasteiger partial charge >= 0.3 is 0 Å². The van der Waals surface area contributed by atoms with Crippen molar-refractivity contribution in [2.24, 2.45) is 0 Å². The van der Waals surface area contributed by atoms with Gasteiger partial charge in [-0.2, -0.15) is 0 Å². The van der Waals surface area contributed by atoms with Gasteiger partial charge < -0.3 is 9.30 Å². The summed E-state index contributed by atoms with van der Waals surface area (Å²) in [4.78, 5) is 7.60. The lowest BCUT2D eigenvalue weighted by molar-refractivity contribution is 0.243. The van der Waals surface area contributed by atoms with Gasteiger partial charge in [-0.3, -0.25) is 4.90 Å². The van der Waals surface area contributed by atoms with Crippen molar-refractivity contribution in [3.63, 3.8) is 0 Å². The van der Waals surface area contributed by atoms with Crippen molar-refractivity contribution in [2.45, 2.75) is 59.2 Å². The Bertz CT molecular complexity index is 1250. The van der Waals surface area contributed by atoms with E-state index in [0.717, 1.165) is 72.7 Å². The first-order chi connectivity index (χ1) is 18.1. The third kappa shape index (κ3) is 6.66. The van der Waals surface area contributed by atoms with E-state index in [2.05, 4.69) is 59.7 Å². The zero-order valence-electron chi connectivity index (χ0n) is 22.3. The van der Waals surface area contributed by atoms with Gasteiger partial charge in [0.05, 0.1) is 18.5 Å². The second-order valence-corrected chi connectivity index (χ2v) is 9.49. The van der Waals surface area contributed by atoms with Crippen LogP contribution in [0.15, 0.2) is 78.9 Å². The van der Waals surface area contributed by atoms with Crippen molar-refractivity contribution >= 4 is 0 Å². The van der Waals surface area contributed by atoms with Crippen LogP contribution in [0.5, 0.6) is 5.75 Å². The first-order valence-corrected chi connectivity index (χ1v) is 13.4. The largest absolute Gasteiger partial charge is 0.497 e. The highest BCUT2D eigenvalue weighted by Gasteiger charge is 2.22. The SMILES string of the molecule is CCCCN(Cc1ccccc1F)Cc1c(-c2ccc(OC)cc2)nc(-c2ccccc2)n1CCCC. The molecule has 0 unspecified atom stereocenters. The number of unbranched alkanes of at least 4 members (excludes halogenated alkanes) is 2. The van der Waals surface area contributed by atoms with Crippen LogP contribution >= 0.6 is 0 Å². The van der Waals surface area contributed by atoms with Gasteiger partial charge in [-0.1, -0.05) is 75.2 Å². The van der Waals surface area contributed by atoms with E-state index in [1.807, 2.05) is 30.3 Å². The molecule has 3 aromatic carbocycles. The van der Waals surface area contributed by atoms with Gasteiger partial charge in [-0.05, 0) is 49.7 Å². The minimum Gasteiger partial charge on any atom is -0.497 e. The lowest BCUT2D eigenvalue weighted by Crippen LogP contribution is -2.26. The number of hydrogen-bond donors (Lipinski definition) is 0. The summed E-state index contributed by atoms with van der Waals surface area (Å²) in [7, 11) is 1.68. The normalized spacial score (nSPS) is 11.3. The molecule has 1 heterocycles. The maximum atomic E-state index is 14.6. The molecule has 37 heavy (non-hydrogen) atoms. The molecule has 1 aromatic heterocycles. The maximum Gasteiger partial charge on any atom is 0.140 e. The molecule has 0 spiro atoms. The molecule has 0 aliphatic rings. The van der Waals surface area contributed by atoms with Crippen LogP contribution in [0, 0.1) is 5.82 Å². The fraction of sp³-hybridized carbons (Fsp3) is 0.344. The van der Waals surface area contributed by atoms with Crippen molar-refractivity contribution < 1.29 is 9.13 Å². The van der Waals surface area contributed by atoms with Crippen LogP contribution in [0.25, 0.3) is 22.6 Å². The highest BCUT2D eigenvalue weighted by Crippen LogP contribution is 2.32. The zero-order valence-corrected chi connectivity index (χ0v) is 22.3. The molecule has 4 rings (SSSR count). The maximum absolute atomic E-state index is 14.6. The van der Waals surface area contributed by atoms with Crippen molar-refractivity contribution in [1.82, 2.24) is 14.5 Å². The summed E-state index contributed by atoms with van der Waals surface area (Å²) in [5.41, 5.74) is 5.04. The molecule has 4 nitrogen and oxygen atoms in total. The summed E-state index contributed by atoms with van der Waals surface area (Å²) in [6.45, 7) is 7.46. The molecule has 0 amide bonds. The molecule has 0 aliphatic heterocycles. The van der Waals surface area contributed by atoms with Crippen molar-refractivity contribution in [3.8, 4) is 28.4 Å². The second-order valence-electron chi connectivity index (χ2n) is 9.49. The molecule has 194 valence electrons. The molecule has 0 aliphatic carbocycles. The van der Waals surface area contributed by atoms with Gasteiger partial charge in [-0.15, -0.1) is 0 Å². The number of rotatable bonds is 13. The van der Waals surface area contributed by atoms with Gasteiger partial charge in [0.2, 0.25) is 0 Å². The Hall–Kier alpha value is -3.44. The Morgan fingerprint density at radius 3 is 2.19 bits per heavy atom. The minimum absolute atomic E-state index is 0.149. The Balaban J connectivity index is 1.82. The van der Waals surface area contributed by atoms with Crippen LogP contribution < -0.4 is 4.74 Å². The van der Waals surface area contributed by atoms with E-state index < -0.39 is 0 Å². The van der Waals surface area contributed by atoms with E-state index in [4.69, 9.17) is 9.72 Å². The lowest BCUT2D eigenvalue weighted by atomic mass is 10.1. The summed E-state index contributed by atoms with van der Waals surface area (Å²) < 4.78 is 22.4. The molecule has 0 radical (unpaired) electrons. The summed E-state index contributed by atoms with van der Waals surface area (Å²) >= 11 is 0. The molecule has 0 saturated heterocycles. The molecule has 0 fully saturated rings. The van der Waals surface area contributed by atoms with Crippen LogP contribution in [-0.2, 0) is 19.6 Å². The molecule has 5 heteroatoms. The van der Waals surface area contributed by atoms with Crippen LogP contribution in [0.1, 0.15) is 50.8 Å². The standard InChI is InChI=1S/C32H38FN3O/c1-4-6-21-35(23-27-15-11-12-16-29(27)33)24-30-31(25-17-19-28(37-3)20-18-25)34-32(36(30)22-7-5-2)26-13-9-8-10-14-26/h8-20H,4-7,21-24H2,1-3H3. The number of benzene rings is 3. The van der Waals surface area contributed by atoms with Crippen LogP contribution in [0.4, 0.5) is 4.39 Å². The monoisotopic (exact) mass is 499 g/mol.